The van der Waals surface area contributed by atoms with E-state index in [2.05, 4.69) is 14.8 Å². The van der Waals surface area contributed by atoms with Crippen LogP contribution in [0.25, 0.3) is 0 Å². The molecule has 0 radical (unpaired) electrons. The van der Waals surface area contributed by atoms with Gasteiger partial charge in [0.1, 0.15) is 0 Å². The van der Waals surface area contributed by atoms with Crippen LogP contribution in [-0.4, -0.2) is 39.7 Å². The van der Waals surface area contributed by atoms with Gasteiger partial charge in [-0.3, -0.25) is 14.4 Å². The number of ether oxygens (including phenoxy) is 1. The molecule has 1 unspecified atom stereocenters. The summed E-state index contributed by atoms with van der Waals surface area (Å²) < 4.78 is 31.7. The number of carbonyl (C=O) groups excluding carboxylic acids is 3. The molecule has 31 heavy (non-hydrogen) atoms. The molecule has 0 spiro atoms. The fourth-order valence-corrected chi connectivity index (χ4v) is 3.87. The Labute approximate surface area is 186 Å². The second-order valence-corrected chi connectivity index (χ2v) is 8.88. The normalized spacial score (nSPS) is 12.1. The molecule has 10 heteroatoms. The molecule has 1 atom stereocenters. The Balaban J connectivity index is 1.97. The Bertz CT molecular complexity index is 1040. The summed E-state index contributed by atoms with van der Waals surface area (Å²) in [6.45, 7) is 1.24. The standard InChI is InChI=1S/C21H23ClN2O6S/c1-14(25)15-5-9-18(10-6-15)31(28,29)23-12-11-20(26)24-19(13-21(27)30-2)16-3-7-17(22)8-4-16/h3-10,19,23H,11-13H2,1-2H3,(H,24,26). The van der Waals surface area contributed by atoms with Gasteiger partial charge in [0.15, 0.2) is 5.78 Å². The Hall–Kier alpha value is -2.75. The second-order valence-electron chi connectivity index (χ2n) is 6.68. The fraction of sp³-hybridized carbons (Fsp3) is 0.286. The van der Waals surface area contributed by atoms with Gasteiger partial charge in [-0.15, -0.1) is 0 Å². The van der Waals surface area contributed by atoms with E-state index >= 15 is 0 Å². The van der Waals surface area contributed by atoms with E-state index in [4.69, 9.17) is 11.6 Å². The van der Waals surface area contributed by atoms with Crippen LogP contribution in [0.1, 0.15) is 41.7 Å². The molecule has 0 heterocycles. The van der Waals surface area contributed by atoms with Crippen LogP contribution in [0.2, 0.25) is 5.02 Å². The van der Waals surface area contributed by atoms with Crippen LogP contribution in [0.5, 0.6) is 0 Å². The summed E-state index contributed by atoms with van der Waals surface area (Å²) in [5.74, 6) is -1.12. The molecule has 166 valence electrons. The smallest absolute Gasteiger partial charge is 0.307 e. The third-order valence-electron chi connectivity index (χ3n) is 4.42. The maximum absolute atomic E-state index is 12.4. The number of hydrogen-bond donors (Lipinski definition) is 2. The van der Waals surface area contributed by atoms with Gasteiger partial charge >= 0.3 is 5.97 Å². The summed E-state index contributed by atoms with van der Waals surface area (Å²) in [6.07, 6.45) is -0.228. The van der Waals surface area contributed by atoms with E-state index in [0.29, 0.717) is 16.1 Å². The molecule has 0 aliphatic heterocycles. The summed E-state index contributed by atoms with van der Waals surface area (Å²) in [6, 6.07) is 11.5. The summed E-state index contributed by atoms with van der Waals surface area (Å²) in [4.78, 5) is 35.3. The molecular formula is C21H23ClN2O6S. The maximum Gasteiger partial charge on any atom is 0.307 e. The summed E-state index contributed by atoms with van der Waals surface area (Å²) in [7, 11) is -2.59. The number of ketones is 1. The molecule has 2 aromatic rings. The molecule has 0 aliphatic carbocycles. The number of Topliss-reactive ketones (excluding diaryl/α,β-unsaturated/α-hetero) is 1. The number of sulfonamides is 1. The van der Waals surface area contributed by atoms with Gasteiger partial charge in [-0.25, -0.2) is 13.1 Å². The molecule has 0 saturated heterocycles. The van der Waals surface area contributed by atoms with Crippen molar-refractivity contribution < 1.29 is 27.5 Å². The van der Waals surface area contributed by atoms with E-state index in [1.165, 1.54) is 38.3 Å². The maximum atomic E-state index is 12.4. The summed E-state index contributed by atoms with van der Waals surface area (Å²) in [5.41, 5.74) is 1.06. The number of benzene rings is 2. The van der Waals surface area contributed by atoms with E-state index < -0.39 is 27.9 Å². The van der Waals surface area contributed by atoms with E-state index in [1.54, 1.807) is 24.3 Å². The van der Waals surface area contributed by atoms with Crippen molar-refractivity contribution in [3.8, 4) is 0 Å². The van der Waals surface area contributed by atoms with Crippen molar-refractivity contribution >= 4 is 39.3 Å². The molecule has 0 bridgehead atoms. The highest BCUT2D eigenvalue weighted by Gasteiger charge is 2.20. The largest absolute Gasteiger partial charge is 0.469 e. The molecule has 2 rings (SSSR count). The minimum absolute atomic E-state index is 0.0114. The molecule has 0 aliphatic rings. The molecule has 0 fully saturated rings. The highest BCUT2D eigenvalue weighted by atomic mass is 35.5. The van der Waals surface area contributed by atoms with Gasteiger partial charge in [-0.2, -0.15) is 0 Å². The molecule has 0 saturated carbocycles. The number of amides is 1. The first-order chi connectivity index (χ1) is 14.6. The molecule has 0 aromatic heterocycles. The topological polar surface area (TPSA) is 119 Å². The van der Waals surface area contributed by atoms with Crippen molar-refractivity contribution in [2.75, 3.05) is 13.7 Å². The Kier molecular flexibility index (Phi) is 8.73. The van der Waals surface area contributed by atoms with Crippen molar-refractivity contribution in [2.45, 2.75) is 30.7 Å². The number of rotatable bonds is 10. The zero-order valence-electron chi connectivity index (χ0n) is 17.1. The zero-order chi connectivity index (χ0) is 23.0. The molecular weight excluding hydrogens is 444 g/mol. The van der Waals surface area contributed by atoms with E-state index in [9.17, 15) is 22.8 Å². The highest BCUT2D eigenvalue weighted by Crippen LogP contribution is 2.20. The second kappa shape index (κ2) is 11.0. The van der Waals surface area contributed by atoms with E-state index in [1.807, 2.05) is 0 Å². The first kappa shape index (κ1) is 24.5. The quantitative estimate of drug-likeness (QED) is 0.410. The fourth-order valence-electron chi connectivity index (χ4n) is 2.71. The van der Waals surface area contributed by atoms with Crippen LogP contribution in [0.4, 0.5) is 0 Å². The van der Waals surface area contributed by atoms with Crippen LogP contribution in [0.3, 0.4) is 0 Å². The number of carbonyl (C=O) groups is 3. The van der Waals surface area contributed by atoms with Gasteiger partial charge in [0.05, 0.1) is 24.5 Å². The van der Waals surface area contributed by atoms with Gasteiger partial charge in [-0.05, 0) is 36.8 Å². The third kappa shape index (κ3) is 7.46. The van der Waals surface area contributed by atoms with E-state index in [0.717, 1.165) is 0 Å². The Morgan fingerprint density at radius 2 is 1.65 bits per heavy atom. The molecule has 2 aromatic carbocycles. The highest BCUT2D eigenvalue weighted by molar-refractivity contribution is 7.89. The number of methoxy groups -OCH3 is 1. The number of hydrogen-bond acceptors (Lipinski definition) is 6. The average molecular weight is 467 g/mol. The lowest BCUT2D eigenvalue weighted by atomic mass is 10.0. The van der Waals surface area contributed by atoms with Crippen LogP contribution < -0.4 is 10.0 Å². The Morgan fingerprint density at radius 1 is 1.03 bits per heavy atom. The number of nitrogens with one attached hydrogen (secondary N) is 2. The molecule has 2 N–H and O–H groups in total. The van der Waals surface area contributed by atoms with E-state index in [-0.39, 0.29) is 30.1 Å². The van der Waals surface area contributed by atoms with Crippen LogP contribution in [-0.2, 0) is 24.3 Å². The van der Waals surface area contributed by atoms with Crippen LogP contribution >= 0.6 is 11.6 Å². The minimum Gasteiger partial charge on any atom is -0.469 e. The van der Waals surface area contributed by atoms with Gasteiger partial charge in [-0.1, -0.05) is 35.9 Å². The lowest BCUT2D eigenvalue weighted by Gasteiger charge is -2.18. The van der Waals surface area contributed by atoms with Crippen molar-refractivity contribution in [1.29, 1.82) is 0 Å². The van der Waals surface area contributed by atoms with Gasteiger partial charge in [0, 0.05) is 23.6 Å². The number of esters is 1. The van der Waals surface area contributed by atoms with Gasteiger partial charge < -0.3 is 10.1 Å². The third-order valence-corrected chi connectivity index (χ3v) is 6.15. The Morgan fingerprint density at radius 3 is 2.19 bits per heavy atom. The molecule has 8 nitrogen and oxygen atoms in total. The molecule has 1 amide bonds. The monoisotopic (exact) mass is 466 g/mol. The average Bonchev–Trinajstić information content (AvgIpc) is 2.73. The van der Waals surface area contributed by atoms with Crippen LogP contribution in [0.15, 0.2) is 53.4 Å². The van der Waals surface area contributed by atoms with Gasteiger partial charge in [0.25, 0.3) is 0 Å². The van der Waals surface area contributed by atoms with Crippen molar-refractivity contribution in [2.24, 2.45) is 0 Å². The van der Waals surface area contributed by atoms with Crippen LogP contribution in [0, 0.1) is 0 Å². The summed E-state index contributed by atoms with van der Waals surface area (Å²) in [5, 5.41) is 3.22. The predicted octanol–water partition coefficient (Wildman–Crippen LogP) is 2.63. The SMILES string of the molecule is COC(=O)CC(NC(=O)CCNS(=O)(=O)c1ccc(C(C)=O)cc1)c1ccc(Cl)cc1. The zero-order valence-corrected chi connectivity index (χ0v) is 18.6. The lowest BCUT2D eigenvalue weighted by Crippen LogP contribution is -2.34. The first-order valence-electron chi connectivity index (χ1n) is 9.34. The van der Waals surface area contributed by atoms with Crippen molar-refractivity contribution in [1.82, 2.24) is 10.0 Å². The summed E-state index contributed by atoms with van der Waals surface area (Å²) >= 11 is 5.88. The van der Waals surface area contributed by atoms with Crippen molar-refractivity contribution in [3.05, 3.63) is 64.7 Å². The van der Waals surface area contributed by atoms with Crippen molar-refractivity contribution in [3.63, 3.8) is 0 Å². The predicted molar refractivity (Wildman–Crippen MR) is 115 cm³/mol. The minimum atomic E-state index is -3.84. The number of halogens is 1. The first-order valence-corrected chi connectivity index (χ1v) is 11.2. The van der Waals surface area contributed by atoms with Gasteiger partial charge in [0.2, 0.25) is 15.9 Å². The lowest BCUT2D eigenvalue weighted by molar-refractivity contribution is -0.141.